The van der Waals surface area contributed by atoms with Crippen LogP contribution in [0.2, 0.25) is 0 Å². The number of hydrogen-bond acceptors (Lipinski definition) is 2. The smallest absolute Gasteiger partial charge is 0.337 e. The van der Waals surface area contributed by atoms with Gasteiger partial charge in [-0.3, -0.25) is 0 Å². The molecule has 0 aliphatic heterocycles. The summed E-state index contributed by atoms with van der Waals surface area (Å²) in [6.07, 6.45) is 0. The maximum atomic E-state index is 14.0. The van der Waals surface area contributed by atoms with Crippen molar-refractivity contribution in [3.63, 3.8) is 0 Å². The minimum Gasteiger partial charge on any atom is -0.478 e. The number of carboxylic acid groups (broad SMARTS) is 1. The molecule has 1 N–H and O–H groups in total. The second-order valence-corrected chi connectivity index (χ2v) is 4.17. The number of benzene rings is 2. The number of rotatable bonds is 4. The molecule has 0 atom stereocenters. The fourth-order valence-electron chi connectivity index (χ4n) is 2.08. The Bertz CT molecular complexity index is 644. The molecule has 0 aromatic heterocycles. The summed E-state index contributed by atoms with van der Waals surface area (Å²) in [7, 11) is 0. The van der Waals surface area contributed by atoms with Gasteiger partial charge in [-0.25, -0.2) is 13.6 Å². The minimum absolute atomic E-state index is 0.0619. The SMILES string of the molecule is CCN(c1cccc(F)c1)c1c(F)cccc1C(=O)O. The van der Waals surface area contributed by atoms with Crippen LogP contribution >= 0.6 is 0 Å². The highest BCUT2D eigenvalue weighted by molar-refractivity contribution is 5.95. The number of hydrogen-bond donors (Lipinski definition) is 1. The molecule has 0 saturated heterocycles. The first-order valence-electron chi connectivity index (χ1n) is 6.09. The summed E-state index contributed by atoms with van der Waals surface area (Å²) in [4.78, 5) is 12.7. The van der Waals surface area contributed by atoms with Crippen LogP contribution in [0, 0.1) is 11.6 Å². The third-order valence-electron chi connectivity index (χ3n) is 2.92. The van der Waals surface area contributed by atoms with Crippen LogP contribution in [0.5, 0.6) is 0 Å². The Kier molecular flexibility index (Phi) is 3.98. The molecule has 0 radical (unpaired) electrons. The molecule has 0 amide bonds. The molecule has 20 heavy (non-hydrogen) atoms. The van der Waals surface area contributed by atoms with Crippen molar-refractivity contribution in [2.24, 2.45) is 0 Å². The van der Waals surface area contributed by atoms with Gasteiger partial charge in [0.2, 0.25) is 0 Å². The molecule has 2 aromatic rings. The zero-order valence-corrected chi connectivity index (χ0v) is 10.8. The van der Waals surface area contributed by atoms with Crippen molar-refractivity contribution in [2.75, 3.05) is 11.4 Å². The molecule has 2 rings (SSSR count). The summed E-state index contributed by atoms with van der Waals surface area (Å²) < 4.78 is 27.3. The Labute approximate surface area is 115 Å². The zero-order chi connectivity index (χ0) is 14.7. The number of halogens is 2. The lowest BCUT2D eigenvalue weighted by Gasteiger charge is -2.25. The van der Waals surface area contributed by atoms with Gasteiger partial charge in [0.05, 0.1) is 11.3 Å². The molecule has 0 bridgehead atoms. The van der Waals surface area contributed by atoms with Crippen molar-refractivity contribution in [2.45, 2.75) is 6.92 Å². The van der Waals surface area contributed by atoms with Crippen LogP contribution in [0.4, 0.5) is 20.2 Å². The molecular weight excluding hydrogens is 264 g/mol. The van der Waals surface area contributed by atoms with Crippen molar-refractivity contribution >= 4 is 17.3 Å². The van der Waals surface area contributed by atoms with Crippen molar-refractivity contribution in [1.29, 1.82) is 0 Å². The van der Waals surface area contributed by atoms with Crippen LogP contribution in [0.25, 0.3) is 0 Å². The molecule has 0 fully saturated rings. The van der Waals surface area contributed by atoms with E-state index in [4.69, 9.17) is 5.11 Å². The van der Waals surface area contributed by atoms with Crippen LogP contribution < -0.4 is 4.90 Å². The average Bonchev–Trinajstić information content (AvgIpc) is 2.41. The fraction of sp³-hybridized carbons (Fsp3) is 0.133. The molecule has 104 valence electrons. The number of anilines is 2. The maximum Gasteiger partial charge on any atom is 0.337 e. The van der Waals surface area contributed by atoms with Gasteiger partial charge in [0.25, 0.3) is 0 Å². The van der Waals surface area contributed by atoms with Gasteiger partial charge in [-0.1, -0.05) is 12.1 Å². The van der Waals surface area contributed by atoms with E-state index in [9.17, 15) is 13.6 Å². The summed E-state index contributed by atoms with van der Waals surface area (Å²) in [5.41, 5.74) is 0.185. The molecule has 2 aromatic carbocycles. The van der Waals surface area contributed by atoms with Crippen molar-refractivity contribution < 1.29 is 18.7 Å². The van der Waals surface area contributed by atoms with Gasteiger partial charge in [-0.15, -0.1) is 0 Å². The topological polar surface area (TPSA) is 40.5 Å². The molecular formula is C15H13F2NO2. The number of nitrogens with zero attached hydrogens (tertiary/aromatic N) is 1. The van der Waals surface area contributed by atoms with Gasteiger partial charge in [0.15, 0.2) is 0 Å². The normalized spacial score (nSPS) is 10.3. The lowest BCUT2D eigenvalue weighted by atomic mass is 10.1. The van der Waals surface area contributed by atoms with Gasteiger partial charge >= 0.3 is 5.97 Å². The molecule has 0 aliphatic rings. The summed E-state index contributed by atoms with van der Waals surface area (Å²) in [6, 6.07) is 9.45. The van der Waals surface area contributed by atoms with E-state index < -0.39 is 17.6 Å². The molecule has 0 saturated carbocycles. The maximum absolute atomic E-state index is 14.0. The van der Waals surface area contributed by atoms with Crippen LogP contribution in [-0.2, 0) is 0 Å². The van der Waals surface area contributed by atoms with E-state index in [1.54, 1.807) is 13.0 Å². The van der Waals surface area contributed by atoms with E-state index in [-0.39, 0.29) is 11.3 Å². The van der Waals surface area contributed by atoms with Crippen molar-refractivity contribution in [3.8, 4) is 0 Å². The quantitative estimate of drug-likeness (QED) is 0.923. The molecule has 0 heterocycles. The average molecular weight is 277 g/mol. The molecule has 0 spiro atoms. The Morgan fingerprint density at radius 1 is 1.20 bits per heavy atom. The predicted molar refractivity (Wildman–Crippen MR) is 72.4 cm³/mol. The first-order valence-corrected chi connectivity index (χ1v) is 6.09. The van der Waals surface area contributed by atoms with E-state index in [0.717, 1.165) is 0 Å². The summed E-state index contributed by atoms with van der Waals surface area (Å²) in [5.74, 6) is -2.35. The van der Waals surface area contributed by atoms with Gasteiger partial charge in [0.1, 0.15) is 11.6 Å². The fourth-order valence-corrected chi connectivity index (χ4v) is 2.08. The largest absolute Gasteiger partial charge is 0.478 e. The zero-order valence-electron chi connectivity index (χ0n) is 10.8. The monoisotopic (exact) mass is 277 g/mol. The Balaban J connectivity index is 2.60. The van der Waals surface area contributed by atoms with E-state index in [2.05, 4.69) is 0 Å². The number of para-hydroxylation sites is 1. The molecule has 5 heteroatoms. The van der Waals surface area contributed by atoms with E-state index in [1.165, 1.54) is 41.3 Å². The minimum atomic E-state index is -1.23. The van der Waals surface area contributed by atoms with Crippen LogP contribution in [0.1, 0.15) is 17.3 Å². The second-order valence-electron chi connectivity index (χ2n) is 4.17. The second kappa shape index (κ2) is 5.69. The van der Waals surface area contributed by atoms with E-state index >= 15 is 0 Å². The third-order valence-corrected chi connectivity index (χ3v) is 2.92. The van der Waals surface area contributed by atoms with Gasteiger partial charge in [0, 0.05) is 12.2 Å². The summed E-state index contributed by atoms with van der Waals surface area (Å²) in [5, 5.41) is 9.17. The lowest BCUT2D eigenvalue weighted by molar-refractivity contribution is 0.0697. The van der Waals surface area contributed by atoms with Gasteiger partial charge in [-0.05, 0) is 37.3 Å². The van der Waals surface area contributed by atoms with Crippen molar-refractivity contribution in [1.82, 2.24) is 0 Å². The first kappa shape index (κ1) is 14.0. The van der Waals surface area contributed by atoms with Crippen LogP contribution in [0.15, 0.2) is 42.5 Å². The van der Waals surface area contributed by atoms with Crippen molar-refractivity contribution in [3.05, 3.63) is 59.7 Å². The van der Waals surface area contributed by atoms with Gasteiger partial charge < -0.3 is 10.0 Å². The van der Waals surface area contributed by atoms with E-state index in [1.807, 2.05) is 0 Å². The Morgan fingerprint density at radius 3 is 2.50 bits per heavy atom. The molecule has 3 nitrogen and oxygen atoms in total. The Morgan fingerprint density at radius 2 is 1.90 bits per heavy atom. The summed E-state index contributed by atoms with van der Waals surface area (Å²) >= 11 is 0. The highest BCUT2D eigenvalue weighted by Gasteiger charge is 2.20. The number of carboxylic acids is 1. The molecule has 0 aliphatic carbocycles. The Hall–Kier alpha value is -2.43. The first-order chi connectivity index (χ1) is 9.54. The standard InChI is InChI=1S/C15H13F2NO2/c1-2-18(11-6-3-5-10(16)9-11)14-12(15(19)20)7-4-8-13(14)17/h3-9H,2H2,1H3,(H,19,20). The van der Waals surface area contributed by atoms with Gasteiger partial charge in [-0.2, -0.15) is 0 Å². The highest BCUT2D eigenvalue weighted by atomic mass is 19.1. The lowest BCUT2D eigenvalue weighted by Crippen LogP contribution is -2.20. The highest BCUT2D eigenvalue weighted by Crippen LogP contribution is 2.31. The van der Waals surface area contributed by atoms with Crippen LogP contribution in [0.3, 0.4) is 0 Å². The number of aromatic carboxylic acids is 1. The van der Waals surface area contributed by atoms with Crippen LogP contribution in [-0.4, -0.2) is 17.6 Å². The van der Waals surface area contributed by atoms with E-state index in [0.29, 0.717) is 12.2 Å². The number of carbonyl (C=O) groups is 1. The predicted octanol–water partition coefficient (Wildman–Crippen LogP) is 3.82. The third kappa shape index (κ3) is 2.61. The molecule has 0 unspecified atom stereocenters. The summed E-state index contributed by atoms with van der Waals surface area (Å²) in [6.45, 7) is 2.05.